The molecule has 1 aromatic heterocycles. The number of imidazole rings is 1. The van der Waals surface area contributed by atoms with Gasteiger partial charge in [0.2, 0.25) is 0 Å². The molecular formula is C31H42N4O4. The quantitative estimate of drug-likeness (QED) is 0.225. The molecule has 0 saturated heterocycles. The molecule has 1 aliphatic rings. The summed E-state index contributed by atoms with van der Waals surface area (Å²) in [6, 6.07) is 14.1. The molecule has 3 aromatic rings. The number of unbranched alkanes of at least 4 members (excludes halogenated alkanes) is 1. The van der Waals surface area contributed by atoms with Crippen LogP contribution in [0.1, 0.15) is 83.0 Å². The van der Waals surface area contributed by atoms with Crippen molar-refractivity contribution in [3.63, 3.8) is 0 Å². The Balaban J connectivity index is 1.44. The number of aromatic nitrogens is 2. The van der Waals surface area contributed by atoms with E-state index in [-0.39, 0.29) is 24.4 Å². The van der Waals surface area contributed by atoms with E-state index in [4.69, 9.17) is 14.8 Å². The third-order valence-electron chi connectivity index (χ3n) is 7.45. The molecule has 1 atom stereocenters. The number of hydrogen-bond acceptors (Lipinski definition) is 4. The van der Waals surface area contributed by atoms with Crippen LogP contribution < -0.4 is 15.4 Å². The van der Waals surface area contributed by atoms with Gasteiger partial charge < -0.3 is 25.0 Å². The molecule has 8 heteroatoms. The largest absolute Gasteiger partial charge is 0.494 e. The highest BCUT2D eigenvalue weighted by atomic mass is 16.5. The molecule has 4 rings (SSSR count). The number of carboxylic acids is 1. The first-order valence-electron chi connectivity index (χ1n) is 14.4. The van der Waals surface area contributed by atoms with E-state index >= 15 is 0 Å². The Morgan fingerprint density at radius 1 is 1.13 bits per heavy atom. The van der Waals surface area contributed by atoms with Crippen molar-refractivity contribution in [3.8, 4) is 5.75 Å². The number of rotatable bonds is 13. The molecule has 8 nitrogen and oxygen atoms in total. The number of aryl methyl sites for hydroxylation is 1. The maximum Gasteiger partial charge on any atom is 0.319 e. The predicted octanol–water partition coefficient (Wildman–Crippen LogP) is 6.76. The van der Waals surface area contributed by atoms with E-state index in [1.807, 2.05) is 37.3 Å². The highest BCUT2D eigenvalue weighted by Crippen LogP contribution is 2.24. The summed E-state index contributed by atoms with van der Waals surface area (Å²) in [5.74, 6) is 1.13. The Labute approximate surface area is 231 Å². The number of carboxylic acid groups (broad SMARTS) is 1. The van der Waals surface area contributed by atoms with Gasteiger partial charge in [0.25, 0.3) is 0 Å². The van der Waals surface area contributed by atoms with Gasteiger partial charge in [0, 0.05) is 31.1 Å². The van der Waals surface area contributed by atoms with Crippen LogP contribution in [0.2, 0.25) is 0 Å². The number of hydrogen-bond donors (Lipinski definition) is 3. The van der Waals surface area contributed by atoms with Crippen molar-refractivity contribution in [2.45, 2.75) is 90.6 Å². The molecule has 2 aromatic carbocycles. The molecule has 0 spiro atoms. The zero-order valence-electron chi connectivity index (χ0n) is 23.2. The number of carbonyl (C=O) groups is 2. The molecule has 1 fully saturated rings. The van der Waals surface area contributed by atoms with Gasteiger partial charge in [-0.1, -0.05) is 51.7 Å². The van der Waals surface area contributed by atoms with Crippen LogP contribution in [0.3, 0.4) is 0 Å². The maximum absolute atomic E-state index is 12.6. The Morgan fingerprint density at radius 3 is 2.62 bits per heavy atom. The van der Waals surface area contributed by atoms with Crippen LogP contribution >= 0.6 is 0 Å². The summed E-state index contributed by atoms with van der Waals surface area (Å²) in [4.78, 5) is 28.4. The number of urea groups is 1. The van der Waals surface area contributed by atoms with E-state index in [1.165, 1.54) is 19.3 Å². The molecular weight excluding hydrogens is 492 g/mol. The first kappa shape index (κ1) is 28.5. The Bertz CT molecular complexity index is 1230. The van der Waals surface area contributed by atoms with Gasteiger partial charge >= 0.3 is 12.0 Å². The lowest BCUT2D eigenvalue weighted by molar-refractivity contribution is -0.138. The highest BCUT2D eigenvalue weighted by molar-refractivity contribution is 5.92. The van der Waals surface area contributed by atoms with Gasteiger partial charge in [0.1, 0.15) is 11.6 Å². The van der Waals surface area contributed by atoms with Crippen molar-refractivity contribution >= 4 is 28.7 Å². The Kier molecular flexibility index (Phi) is 10.2. The van der Waals surface area contributed by atoms with Crippen LogP contribution in [0, 0.1) is 5.92 Å². The fourth-order valence-electron chi connectivity index (χ4n) is 5.20. The molecule has 210 valence electrons. The Morgan fingerprint density at radius 2 is 1.90 bits per heavy atom. The zero-order valence-corrected chi connectivity index (χ0v) is 23.2. The number of nitrogens with zero attached hydrogens (tertiary/aromatic N) is 2. The predicted molar refractivity (Wildman–Crippen MR) is 154 cm³/mol. The lowest BCUT2D eigenvalue weighted by Gasteiger charge is -2.22. The highest BCUT2D eigenvalue weighted by Gasteiger charge is 2.17. The summed E-state index contributed by atoms with van der Waals surface area (Å²) in [6.45, 7) is 5.27. The lowest BCUT2D eigenvalue weighted by atomic mass is 9.96. The Hall–Kier alpha value is -3.55. The number of nitrogens with one attached hydrogen (secondary N) is 2. The number of benzene rings is 2. The molecule has 0 aliphatic heterocycles. The van der Waals surface area contributed by atoms with Gasteiger partial charge in [0.15, 0.2) is 0 Å². The molecule has 2 amide bonds. The number of carbonyl (C=O) groups excluding carboxylic acids is 1. The van der Waals surface area contributed by atoms with E-state index in [0.29, 0.717) is 19.6 Å². The van der Waals surface area contributed by atoms with E-state index in [9.17, 15) is 9.59 Å². The van der Waals surface area contributed by atoms with Crippen LogP contribution in [-0.4, -0.2) is 39.3 Å². The van der Waals surface area contributed by atoms with Gasteiger partial charge in [-0.2, -0.15) is 0 Å². The fourth-order valence-corrected chi connectivity index (χ4v) is 5.20. The molecule has 1 saturated carbocycles. The van der Waals surface area contributed by atoms with E-state index < -0.39 is 5.97 Å². The van der Waals surface area contributed by atoms with Crippen molar-refractivity contribution in [3.05, 3.63) is 53.9 Å². The van der Waals surface area contributed by atoms with Crippen molar-refractivity contribution in [1.82, 2.24) is 14.9 Å². The molecule has 39 heavy (non-hydrogen) atoms. The average Bonchev–Trinajstić information content (AvgIpc) is 3.25. The molecule has 0 bridgehead atoms. The minimum Gasteiger partial charge on any atom is -0.494 e. The smallest absolute Gasteiger partial charge is 0.319 e. The summed E-state index contributed by atoms with van der Waals surface area (Å²) in [5, 5.41) is 15.1. The van der Waals surface area contributed by atoms with E-state index in [2.05, 4.69) is 34.3 Å². The standard InChI is InChI=1S/C31H42N4O4/c1-3-4-10-29-34-27-16-13-25(33-31(38)32-24-8-6-5-7-9-24)20-28(27)35(29)21-23-11-14-26(15-12-23)39-18-17-22(2)19-30(36)37/h11-16,20,22,24H,3-10,17-19,21H2,1-2H3,(H,36,37)(H2,32,33,38). The van der Waals surface area contributed by atoms with Crippen LogP contribution in [0.5, 0.6) is 5.75 Å². The van der Waals surface area contributed by atoms with Gasteiger partial charge in [-0.3, -0.25) is 4.79 Å². The van der Waals surface area contributed by atoms with Crippen molar-refractivity contribution in [2.24, 2.45) is 5.92 Å². The number of ether oxygens (including phenoxy) is 1. The minimum atomic E-state index is -0.775. The second kappa shape index (κ2) is 14.0. The molecule has 3 N–H and O–H groups in total. The minimum absolute atomic E-state index is 0.0792. The number of anilines is 1. The fraction of sp³-hybridized carbons (Fsp3) is 0.516. The third kappa shape index (κ3) is 8.47. The zero-order chi connectivity index (χ0) is 27.6. The molecule has 1 heterocycles. The van der Waals surface area contributed by atoms with Crippen molar-refractivity contribution in [1.29, 1.82) is 0 Å². The summed E-state index contributed by atoms with van der Waals surface area (Å²) >= 11 is 0. The summed E-state index contributed by atoms with van der Waals surface area (Å²) in [6.07, 6.45) is 9.61. The van der Waals surface area contributed by atoms with Crippen LogP contribution in [-0.2, 0) is 17.8 Å². The van der Waals surface area contributed by atoms with Crippen LogP contribution in [0.25, 0.3) is 11.0 Å². The SMILES string of the molecule is CCCCc1nc2ccc(NC(=O)NC3CCCCC3)cc2n1Cc1ccc(OCCC(C)CC(=O)O)cc1. The van der Waals surface area contributed by atoms with E-state index in [0.717, 1.165) is 66.0 Å². The third-order valence-corrected chi connectivity index (χ3v) is 7.45. The lowest BCUT2D eigenvalue weighted by Crippen LogP contribution is -2.39. The number of aliphatic carboxylic acids is 1. The van der Waals surface area contributed by atoms with E-state index in [1.54, 1.807) is 0 Å². The second-order valence-electron chi connectivity index (χ2n) is 10.8. The molecule has 1 aliphatic carbocycles. The van der Waals surface area contributed by atoms with Gasteiger partial charge in [-0.05, 0) is 67.5 Å². The van der Waals surface area contributed by atoms with Crippen molar-refractivity contribution in [2.75, 3.05) is 11.9 Å². The normalized spacial score (nSPS) is 14.7. The topological polar surface area (TPSA) is 105 Å². The van der Waals surface area contributed by atoms with Gasteiger partial charge in [-0.15, -0.1) is 0 Å². The molecule has 0 radical (unpaired) electrons. The summed E-state index contributed by atoms with van der Waals surface area (Å²) < 4.78 is 8.09. The first-order valence-corrected chi connectivity index (χ1v) is 14.4. The van der Waals surface area contributed by atoms with Crippen LogP contribution in [0.4, 0.5) is 10.5 Å². The first-order chi connectivity index (χ1) is 18.9. The number of amides is 2. The van der Waals surface area contributed by atoms with Gasteiger partial charge in [0.05, 0.1) is 17.6 Å². The summed E-state index contributed by atoms with van der Waals surface area (Å²) in [7, 11) is 0. The average molecular weight is 535 g/mol. The maximum atomic E-state index is 12.6. The van der Waals surface area contributed by atoms with Crippen molar-refractivity contribution < 1.29 is 19.4 Å². The monoisotopic (exact) mass is 534 g/mol. The second-order valence-corrected chi connectivity index (χ2v) is 10.8. The molecule has 1 unspecified atom stereocenters. The summed E-state index contributed by atoms with van der Waals surface area (Å²) in [5.41, 5.74) is 3.83. The van der Waals surface area contributed by atoms with Gasteiger partial charge in [-0.25, -0.2) is 9.78 Å². The number of fused-ring (bicyclic) bond motifs is 1. The van der Waals surface area contributed by atoms with Crippen LogP contribution in [0.15, 0.2) is 42.5 Å².